The zero-order chi connectivity index (χ0) is 19.1. The molecule has 0 bridgehead atoms. The number of nitrogens with one attached hydrogen (secondary N) is 1. The average Bonchev–Trinajstić information content (AvgIpc) is 3.44. The Morgan fingerprint density at radius 1 is 1.26 bits per heavy atom. The maximum Gasteiger partial charge on any atom is 0.261 e. The minimum atomic E-state index is 0.0459. The van der Waals surface area contributed by atoms with Crippen LogP contribution in [0.2, 0.25) is 0 Å². The number of carbonyl (C=O) groups excluding carboxylic acids is 1. The van der Waals surface area contributed by atoms with Crippen molar-refractivity contribution in [3.63, 3.8) is 0 Å². The second-order valence-corrected chi connectivity index (χ2v) is 9.48. The van der Waals surface area contributed by atoms with E-state index in [1.54, 1.807) is 0 Å². The molecule has 1 saturated carbocycles. The molecule has 2 aliphatic rings. The van der Waals surface area contributed by atoms with E-state index in [1.165, 1.54) is 43.6 Å². The van der Waals surface area contributed by atoms with E-state index in [0.29, 0.717) is 17.9 Å². The molecule has 27 heavy (non-hydrogen) atoms. The smallest absolute Gasteiger partial charge is 0.261 e. The lowest BCUT2D eigenvalue weighted by atomic mass is 9.97. The molecule has 2 fully saturated rings. The predicted molar refractivity (Wildman–Crippen MR) is 111 cm³/mol. The van der Waals surface area contributed by atoms with Gasteiger partial charge in [-0.15, -0.1) is 11.3 Å². The van der Waals surface area contributed by atoms with Crippen molar-refractivity contribution in [3.8, 4) is 0 Å². The molecule has 4 rings (SSSR count). The number of thiophene rings is 1. The topological polar surface area (TPSA) is 58.1 Å². The molecular formula is C21H30N4OS. The van der Waals surface area contributed by atoms with Gasteiger partial charge in [-0.25, -0.2) is 9.97 Å². The lowest BCUT2D eigenvalue weighted by Crippen LogP contribution is -2.43. The first-order valence-corrected chi connectivity index (χ1v) is 11.1. The molecule has 5 nitrogen and oxygen atoms in total. The van der Waals surface area contributed by atoms with Crippen molar-refractivity contribution in [1.82, 2.24) is 20.2 Å². The third-order valence-electron chi connectivity index (χ3n) is 5.97. The highest BCUT2D eigenvalue weighted by molar-refractivity contribution is 7.20. The highest BCUT2D eigenvalue weighted by atomic mass is 32.1. The van der Waals surface area contributed by atoms with Crippen molar-refractivity contribution in [2.24, 2.45) is 5.92 Å². The second-order valence-electron chi connectivity index (χ2n) is 8.48. The minimum Gasteiger partial charge on any atom is -0.351 e. The molecule has 0 radical (unpaired) electrons. The SMILES string of the molecule is Cc1nc(C2CC2)nc2sc(C(=O)NCC3CCCN(C(C)C)C3)c(C)c12. The fourth-order valence-electron chi connectivity index (χ4n) is 4.15. The monoisotopic (exact) mass is 386 g/mol. The van der Waals surface area contributed by atoms with E-state index in [2.05, 4.69) is 24.1 Å². The number of aromatic nitrogens is 2. The summed E-state index contributed by atoms with van der Waals surface area (Å²) in [6, 6.07) is 0.579. The van der Waals surface area contributed by atoms with Crippen LogP contribution in [0.4, 0.5) is 0 Å². The van der Waals surface area contributed by atoms with Gasteiger partial charge in [0.2, 0.25) is 0 Å². The molecule has 0 aromatic carbocycles. The number of nitrogens with zero attached hydrogens (tertiary/aromatic N) is 3. The van der Waals surface area contributed by atoms with Gasteiger partial charge in [-0.05, 0) is 71.4 Å². The van der Waals surface area contributed by atoms with Gasteiger partial charge < -0.3 is 10.2 Å². The average molecular weight is 387 g/mol. The third kappa shape index (κ3) is 3.87. The molecule has 2 aromatic rings. The Hall–Kier alpha value is -1.53. The van der Waals surface area contributed by atoms with E-state index in [0.717, 1.165) is 45.3 Å². The van der Waals surface area contributed by atoms with Crippen molar-refractivity contribution in [2.45, 2.75) is 65.3 Å². The fourth-order valence-corrected chi connectivity index (χ4v) is 5.31. The zero-order valence-electron chi connectivity index (χ0n) is 16.8. The van der Waals surface area contributed by atoms with Crippen LogP contribution >= 0.6 is 11.3 Å². The number of hydrogen-bond acceptors (Lipinski definition) is 5. The lowest BCUT2D eigenvalue weighted by Gasteiger charge is -2.35. The molecule has 146 valence electrons. The van der Waals surface area contributed by atoms with E-state index < -0.39 is 0 Å². The first-order valence-electron chi connectivity index (χ1n) is 10.2. The first kappa shape index (κ1) is 18.8. The largest absolute Gasteiger partial charge is 0.351 e. The van der Waals surface area contributed by atoms with Crippen molar-refractivity contribution < 1.29 is 4.79 Å². The molecule has 1 aliphatic carbocycles. The fraction of sp³-hybridized carbons (Fsp3) is 0.667. The third-order valence-corrected chi connectivity index (χ3v) is 7.15. The number of piperidine rings is 1. The summed E-state index contributed by atoms with van der Waals surface area (Å²) in [6.45, 7) is 11.6. The van der Waals surface area contributed by atoms with Crippen LogP contribution in [0.1, 0.15) is 72.2 Å². The van der Waals surface area contributed by atoms with E-state index in [1.807, 2.05) is 13.8 Å². The molecule has 0 spiro atoms. The van der Waals surface area contributed by atoms with Crippen LogP contribution in [-0.2, 0) is 0 Å². The highest BCUT2D eigenvalue weighted by Crippen LogP contribution is 2.40. The van der Waals surface area contributed by atoms with E-state index in [4.69, 9.17) is 9.97 Å². The van der Waals surface area contributed by atoms with Gasteiger partial charge in [-0.2, -0.15) is 0 Å². The maximum absolute atomic E-state index is 12.9. The Morgan fingerprint density at radius 3 is 2.74 bits per heavy atom. The summed E-state index contributed by atoms with van der Waals surface area (Å²) in [5.74, 6) is 2.08. The van der Waals surface area contributed by atoms with Gasteiger partial charge in [0.15, 0.2) is 0 Å². The van der Waals surface area contributed by atoms with Gasteiger partial charge in [0.1, 0.15) is 10.7 Å². The molecule has 1 N–H and O–H groups in total. The van der Waals surface area contributed by atoms with Crippen molar-refractivity contribution in [3.05, 3.63) is 22.0 Å². The Labute approximate surface area is 165 Å². The minimum absolute atomic E-state index is 0.0459. The van der Waals surface area contributed by atoms with Crippen molar-refractivity contribution >= 4 is 27.5 Å². The van der Waals surface area contributed by atoms with Gasteiger partial charge in [0.05, 0.1) is 10.6 Å². The number of aryl methyl sites for hydroxylation is 2. The quantitative estimate of drug-likeness (QED) is 0.843. The van der Waals surface area contributed by atoms with Crippen molar-refractivity contribution in [1.29, 1.82) is 0 Å². The Balaban J connectivity index is 1.48. The van der Waals surface area contributed by atoms with Gasteiger partial charge in [0, 0.05) is 30.4 Å². The number of hydrogen-bond donors (Lipinski definition) is 1. The molecule has 3 heterocycles. The molecule has 1 aliphatic heterocycles. The summed E-state index contributed by atoms with van der Waals surface area (Å²) in [5.41, 5.74) is 2.04. The number of likely N-dealkylation sites (tertiary alicyclic amines) is 1. The summed E-state index contributed by atoms with van der Waals surface area (Å²) in [6.07, 6.45) is 4.80. The van der Waals surface area contributed by atoms with Crippen LogP contribution in [0.15, 0.2) is 0 Å². The van der Waals surface area contributed by atoms with E-state index >= 15 is 0 Å². The predicted octanol–water partition coefficient (Wildman–Crippen LogP) is 4.04. The molecule has 1 unspecified atom stereocenters. The molecule has 1 atom stereocenters. The van der Waals surface area contributed by atoms with Gasteiger partial charge in [-0.1, -0.05) is 0 Å². The number of amides is 1. The molecule has 2 aromatic heterocycles. The van der Waals surface area contributed by atoms with Crippen LogP contribution in [0.25, 0.3) is 10.2 Å². The summed E-state index contributed by atoms with van der Waals surface area (Å²) in [4.78, 5) is 26.6. The van der Waals surface area contributed by atoms with Gasteiger partial charge in [0.25, 0.3) is 5.91 Å². The van der Waals surface area contributed by atoms with E-state index in [-0.39, 0.29) is 5.91 Å². The number of fused-ring (bicyclic) bond motifs is 1. The number of carbonyl (C=O) groups is 1. The second kappa shape index (κ2) is 7.47. The van der Waals surface area contributed by atoms with Gasteiger partial charge >= 0.3 is 0 Å². The summed E-state index contributed by atoms with van der Waals surface area (Å²) in [5, 5.41) is 4.26. The van der Waals surface area contributed by atoms with Crippen LogP contribution in [0, 0.1) is 19.8 Å². The Bertz CT molecular complexity index is 855. The van der Waals surface area contributed by atoms with Crippen LogP contribution < -0.4 is 5.32 Å². The van der Waals surface area contributed by atoms with Crippen LogP contribution in [0.3, 0.4) is 0 Å². The molecule has 1 amide bonds. The molecule has 6 heteroatoms. The molecular weight excluding hydrogens is 356 g/mol. The Kier molecular flexibility index (Phi) is 5.21. The van der Waals surface area contributed by atoms with Gasteiger partial charge in [-0.3, -0.25) is 4.79 Å². The normalized spacial score (nSPS) is 21.1. The summed E-state index contributed by atoms with van der Waals surface area (Å²) < 4.78 is 0. The number of rotatable bonds is 5. The van der Waals surface area contributed by atoms with Crippen molar-refractivity contribution in [2.75, 3.05) is 19.6 Å². The van der Waals surface area contributed by atoms with E-state index in [9.17, 15) is 4.79 Å². The maximum atomic E-state index is 12.9. The van der Waals surface area contributed by atoms with Crippen LogP contribution in [-0.4, -0.2) is 46.5 Å². The molecule has 1 saturated heterocycles. The van der Waals surface area contributed by atoms with Crippen LogP contribution in [0.5, 0.6) is 0 Å². The summed E-state index contributed by atoms with van der Waals surface area (Å²) >= 11 is 1.52. The standard InChI is InChI=1S/C21H30N4OS/c1-12(2)25-9-5-6-15(11-25)10-22-20(26)18-13(3)17-14(4)23-19(16-7-8-16)24-21(17)27-18/h12,15-16H,5-11H2,1-4H3,(H,22,26). The Morgan fingerprint density at radius 2 is 2.04 bits per heavy atom. The first-order chi connectivity index (χ1) is 12.9. The summed E-state index contributed by atoms with van der Waals surface area (Å²) in [7, 11) is 0. The zero-order valence-corrected chi connectivity index (χ0v) is 17.7. The highest BCUT2D eigenvalue weighted by Gasteiger charge is 2.29. The lowest BCUT2D eigenvalue weighted by molar-refractivity contribution is 0.0926.